The van der Waals surface area contributed by atoms with Gasteiger partial charge in [0.15, 0.2) is 0 Å². The smallest absolute Gasteiger partial charge is 0.261 e. The van der Waals surface area contributed by atoms with Crippen LogP contribution in [0.3, 0.4) is 0 Å². The summed E-state index contributed by atoms with van der Waals surface area (Å²) >= 11 is 6.18. The van der Waals surface area contributed by atoms with Crippen molar-refractivity contribution in [3.63, 3.8) is 0 Å². The number of hydrogen-bond acceptors (Lipinski definition) is 3. The average molecular weight is 505 g/mol. The number of hydrogen-bond donors (Lipinski definition) is 0. The number of benzene rings is 3. The van der Waals surface area contributed by atoms with E-state index in [1.165, 1.54) is 12.1 Å². The number of ketones is 1. The number of carbonyl (C=O) groups excluding carboxylic acids is 3. The van der Waals surface area contributed by atoms with Crippen molar-refractivity contribution in [3.05, 3.63) is 123 Å². The van der Waals surface area contributed by atoms with Gasteiger partial charge in [-0.3, -0.25) is 19.3 Å². The molecule has 0 spiro atoms. The summed E-state index contributed by atoms with van der Waals surface area (Å²) < 4.78 is 30.7. The minimum Gasteiger partial charge on any atom is -0.315 e. The molecule has 0 aliphatic carbocycles. The molecule has 2 amide bonds. The highest BCUT2D eigenvalue weighted by Crippen LogP contribution is 2.31. The first kappa shape index (κ1) is 23.6. The van der Waals surface area contributed by atoms with Gasteiger partial charge in [-0.2, -0.15) is 0 Å². The van der Waals surface area contributed by atoms with Crippen molar-refractivity contribution in [3.8, 4) is 5.69 Å². The van der Waals surface area contributed by atoms with Gasteiger partial charge >= 0.3 is 0 Å². The van der Waals surface area contributed by atoms with E-state index in [1.54, 1.807) is 47.9 Å². The monoisotopic (exact) mass is 504 g/mol. The maximum Gasteiger partial charge on any atom is 0.261 e. The summed E-state index contributed by atoms with van der Waals surface area (Å²) in [6.45, 7) is 3.56. The van der Waals surface area contributed by atoms with Crippen LogP contribution in [0, 0.1) is 25.5 Å². The molecule has 1 aliphatic rings. The Morgan fingerprint density at radius 1 is 0.861 bits per heavy atom. The number of aryl methyl sites for hydroxylation is 2. The summed E-state index contributed by atoms with van der Waals surface area (Å²) in [7, 11) is 0. The fourth-order valence-corrected chi connectivity index (χ4v) is 4.82. The molecule has 3 aromatic carbocycles. The van der Waals surface area contributed by atoms with Crippen molar-refractivity contribution in [1.29, 1.82) is 0 Å². The first-order valence-corrected chi connectivity index (χ1v) is 11.5. The van der Waals surface area contributed by atoms with Crippen molar-refractivity contribution in [2.45, 2.75) is 20.4 Å². The Balaban J connectivity index is 1.64. The summed E-state index contributed by atoms with van der Waals surface area (Å²) in [6, 6.07) is 16.1. The van der Waals surface area contributed by atoms with E-state index in [-0.39, 0.29) is 17.1 Å². The van der Waals surface area contributed by atoms with Gasteiger partial charge < -0.3 is 4.57 Å². The number of amides is 2. The van der Waals surface area contributed by atoms with Gasteiger partial charge in [0.25, 0.3) is 11.8 Å². The summed E-state index contributed by atoms with van der Waals surface area (Å²) in [5, 5.41) is 0.210. The Hall–Kier alpha value is -4.10. The predicted molar refractivity (Wildman–Crippen MR) is 131 cm³/mol. The Labute approximate surface area is 210 Å². The molecule has 1 aliphatic heterocycles. The highest BCUT2D eigenvalue weighted by atomic mass is 35.5. The lowest BCUT2D eigenvalue weighted by Crippen LogP contribution is -2.30. The van der Waals surface area contributed by atoms with Gasteiger partial charge in [0.1, 0.15) is 11.6 Å². The highest BCUT2D eigenvalue weighted by molar-refractivity contribution is 6.31. The van der Waals surface area contributed by atoms with Crippen LogP contribution < -0.4 is 0 Å². The third-order valence-electron chi connectivity index (χ3n) is 6.32. The van der Waals surface area contributed by atoms with E-state index in [9.17, 15) is 23.2 Å². The van der Waals surface area contributed by atoms with Crippen LogP contribution in [-0.4, -0.2) is 27.1 Å². The molecular formula is C28H19ClF2N2O3. The van der Waals surface area contributed by atoms with Gasteiger partial charge in [-0.05, 0) is 67.9 Å². The van der Waals surface area contributed by atoms with E-state index in [4.69, 9.17) is 11.6 Å². The number of carbonyl (C=O) groups is 3. The van der Waals surface area contributed by atoms with Gasteiger partial charge in [0.2, 0.25) is 5.78 Å². The molecule has 5 rings (SSSR count). The molecule has 5 nitrogen and oxygen atoms in total. The molecule has 0 saturated carbocycles. The molecule has 8 heteroatoms. The van der Waals surface area contributed by atoms with Crippen LogP contribution in [0.1, 0.15) is 53.6 Å². The largest absolute Gasteiger partial charge is 0.315 e. The molecule has 0 N–H and O–H groups in total. The molecular weight excluding hydrogens is 486 g/mol. The lowest BCUT2D eigenvalue weighted by atomic mass is 10.00. The molecule has 0 radical (unpaired) electrons. The minimum absolute atomic E-state index is 0.0196. The summed E-state index contributed by atoms with van der Waals surface area (Å²) in [4.78, 5) is 40.5. The minimum atomic E-state index is -0.988. The number of nitrogens with zero attached hydrogens (tertiary/aromatic N) is 2. The average Bonchev–Trinajstić information content (AvgIpc) is 3.26. The van der Waals surface area contributed by atoms with E-state index in [2.05, 4.69) is 0 Å². The number of rotatable bonds is 5. The molecule has 4 aromatic rings. The summed E-state index contributed by atoms with van der Waals surface area (Å²) in [6.07, 6.45) is 0. The van der Waals surface area contributed by atoms with Crippen LogP contribution in [0.15, 0.2) is 66.7 Å². The van der Waals surface area contributed by atoms with Crippen molar-refractivity contribution in [2.75, 3.05) is 0 Å². The third-order valence-corrected chi connectivity index (χ3v) is 6.56. The Morgan fingerprint density at radius 2 is 1.47 bits per heavy atom. The third kappa shape index (κ3) is 3.72. The van der Waals surface area contributed by atoms with Crippen LogP contribution in [-0.2, 0) is 6.54 Å². The molecule has 180 valence electrons. The van der Waals surface area contributed by atoms with Gasteiger partial charge in [-0.25, -0.2) is 8.78 Å². The highest BCUT2D eigenvalue weighted by Gasteiger charge is 2.36. The molecule has 0 unspecified atom stereocenters. The lowest BCUT2D eigenvalue weighted by Gasteiger charge is -2.20. The van der Waals surface area contributed by atoms with Crippen molar-refractivity contribution < 1.29 is 23.2 Å². The Kier molecular flexibility index (Phi) is 5.80. The van der Waals surface area contributed by atoms with Crippen LogP contribution in [0.2, 0.25) is 5.02 Å². The van der Waals surface area contributed by atoms with Gasteiger partial charge in [-0.15, -0.1) is 0 Å². The second-order valence-electron chi connectivity index (χ2n) is 8.58. The second kappa shape index (κ2) is 8.84. The number of fused-ring (bicyclic) bond motifs is 1. The SMILES string of the molecule is Cc1cc(C)n(-c2ccc(Cl)cc2C(=O)c2c(F)cccc2F)c1CN1C(=O)c2ccccc2C1=O. The van der Waals surface area contributed by atoms with Crippen molar-refractivity contribution >= 4 is 29.2 Å². The molecule has 0 atom stereocenters. The van der Waals surface area contributed by atoms with E-state index < -0.39 is 34.8 Å². The first-order chi connectivity index (χ1) is 17.2. The van der Waals surface area contributed by atoms with Crippen LogP contribution in [0.25, 0.3) is 5.69 Å². The lowest BCUT2D eigenvalue weighted by molar-refractivity contribution is 0.0639. The zero-order chi connectivity index (χ0) is 25.7. The normalized spacial score (nSPS) is 12.9. The fourth-order valence-electron chi connectivity index (χ4n) is 4.65. The van der Waals surface area contributed by atoms with Crippen LogP contribution >= 0.6 is 11.6 Å². The van der Waals surface area contributed by atoms with E-state index in [0.717, 1.165) is 22.6 Å². The quantitative estimate of drug-likeness (QED) is 0.245. The van der Waals surface area contributed by atoms with Gasteiger partial charge in [-0.1, -0.05) is 29.8 Å². The van der Waals surface area contributed by atoms with Gasteiger partial charge in [0.05, 0.1) is 28.9 Å². The number of imide groups is 1. The van der Waals surface area contributed by atoms with Crippen LogP contribution in [0.4, 0.5) is 8.78 Å². The predicted octanol–water partition coefficient (Wildman–Crippen LogP) is 6.05. The number of aromatic nitrogens is 1. The molecule has 0 fully saturated rings. The molecule has 0 bridgehead atoms. The molecule has 36 heavy (non-hydrogen) atoms. The molecule has 2 heterocycles. The van der Waals surface area contributed by atoms with E-state index in [1.807, 2.05) is 13.0 Å². The first-order valence-electron chi connectivity index (χ1n) is 11.1. The van der Waals surface area contributed by atoms with Gasteiger partial charge in [0, 0.05) is 22.0 Å². The standard InChI is InChI=1S/C28H19ClF2N2O3/c1-15-12-16(2)33(24(15)14-32-27(35)18-6-3-4-7-19(18)28(32)36)23-11-10-17(29)13-20(23)26(34)25-21(30)8-5-9-22(25)31/h3-13H,14H2,1-2H3. The zero-order valence-electron chi connectivity index (χ0n) is 19.3. The van der Waals surface area contributed by atoms with Crippen molar-refractivity contribution in [1.82, 2.24) is 9.47 Å². The maximum atomic E-state index is 14.5. The van der Waals surface area contributed by atoms with E-state index >= 15 is 0 Å². The Morgan fingerprint density at radius 3 is 2.08 bits per heavy atom. The van der Waals surface area contributed by atoms with E-state index in [0.29, 0.717) is 28.2 Å². The fraction of sp³-hybridized carbons (Fsp3) is 0.107. The molecule has 1 aromatic heterocycles. The maximum absolute atomic E-state index is 14.5. The van der Waals surface area contributed by atoms with Crippen LogP contribution in [0.5, 0.6) is 0 Å². The molecule has 0 saturated heterocycles. The Bertz CT molecular complexity index is 1540. The summed E-state index contributed by atoms with van der Waals surface area (Å²) in [5.41, 5.74) is 2.31. The topological polar surface area (TPSA) is 59.4 Å². The summed E-state index contributed by atoms with van der Waals surface area (Å²) in [5.74, 6) is -3.68. The second-order valence-corrected chi connectivity index (χ2v) is 9.02. The zero-order valence-corrected chi connectivity index (χ0v) is 20.1. The number of halogens is 3. The van der Waals surface area contributed by atoms with Crippen molar-refractivity contribution in [2.24, 2.45) is 0 Å².